The first kappa shape index (κ1) is 15.5. The fourth-order valence-corrected chi connectivity index (χ4v) is 3.31. The first-order valence-corrected chi connectivity index (χ1v) is 7.88. The molecule has 0 bridgehead atoms. The van der Waals surface area contributed by atoms with Gasteiger partial charge in [0.05, 0.1) is 19.1 Å². The molecule has 0 radical (unpaired) electrons. The summed E-state index contributed by atoms with van der Waals surface area (Å²) < 4.78 is 5.28. The minimum atomic E-state index is 0.00483. The third kappa shape index (κ3) is 3.52. The lowest BCUT2D eigenvalue weighted by Crippen LogP contribution is -2.20. The molecule has 0 saturated carbocycles. The molecule has 0 spiro atoms. The third-order valence-electron chi connectivity index (χ3n) is 4.40. The van der Waals surface area contributed by atoms with Crippen LogP contribution in [-0.4, -0.2) is 30.1 Å². The molecule has 1 saturated heterocycles. The predicted octanol–water partition coefficient (Wildman–Crippen LogP) is 3.14. The van der Waals surface area contributed by atoms with Crippen LogP contribution in [0.15, 0.2) is 42.5 Å². The van der Waals surface area contributed by atoms with Crippen LogP contribution >= 0.6 is 0 Å². The number of nitrogens with zero attached hydrogens (tertiary/aromatic N) is 3. The van der Waals surface area contributed by atoms with Crippen molar-refractivity contribution in [2.24, 2.45) is 5.92 Å². The molecular weight excluding hydrogens is 286 g/mol. The van der Waals surface area contributed by atoms with Crippen molar-refractivity contribution in [2.75, 3.05) is 20.2 Å². The molecule has 1 fully saturated rings. The zero-order chi connectivity index (χ0) is 16.2. The SMILES string of the molecule is COc1cc(C2CN(Cc3ccccc3)CC2C#N)cc(C)n1. The van der Waals surface area contributed by atoms with Gasteiger partial charge in [-0.25, -0.2) is 4.98 Å². The van der Waals surface area contributed by atoms with Gasteiger partial charge in [0, 0.05) is 37.3 Å². The van der Waals surface area contributed by atoms with Crippen LogP contribution in [0.1, 0.15) is 22.7 Å². The molecule has 1 aromatic carbocycles. The molecule has 2 atom stereocenters. The molecule has 2 unspecified atom stereocenters. The van der Waals surface area contributed by atoms with E-state index in [1.807, 2.05) is 19.1 Å². The molecule has 0 N–H and O–H groups in total. The molecule has 2 aromatic rings. The monoisotopic (exact) mass is 307 g/mol. The number of pyridine rings is 1. The van der Waals surface area contributed by atoms with Gasteiger partial charge >= 0.3 is 0 Å². The molecule has 4 nitrogen and oxygen atoms in total. The fraction of sp³-hybridized carbons (Fsp3) is 0.368. The highest BCUT2D eigenvalue weighted by atomic mass is 16.5. The van der Waals surface area contributed by atoms with Crippen molar-refractivity contribution in [1.29, 1.82) is 5.26 Å². The van der Waals surface area contributed by atoms with E-state index in [2.05, 4.69) is 46.3 Å². The fourth-order valence-electron chi connectivity index (χ4n) is 3.31. The number of rotatable bonds is 4. The number of aromatic nitrogens is 1. The summed E-state index contributed by atoms with van der Waals surface area (Å²) in [5.74, 6) is 0.836. The second-order valence-corrected chi connectivity index (χ2v) is 6.11. The summed E-state index contributed by atoms with van der Waals surface area (Å²) in [7, 11) is 1.63. The van der Waals surface area contributed by atoms with E-state index in [1.165, 1.54) is 5.56 Å². The standard InChI is InChI=1S/C19H21N3O/c1-14-8-16(9-19(21-14)23-2)18-13-22(12-17(18)10-20)11-15-6-4-3-5-7-15/h3-9,17-18H,11-13H2,1-2H3. The smallest absolute Gasteiger partial charge is 0.213 e. The van der Waals surface area contributed by atoms with Crippen molar-refractivity contribution in [3.63, 3.8) is 0 Å². The van der Waals surface area contributed by atoms with Crippen molar-refractivity contribution in [3.8, 4) is 11.9 Å². The maximum absolute atomic E-state index is 9.55. The molecule has 3 rings (SSSR count). The second kappa shape index (κ2) is 6.80. The maximum atomic E-state index is 9.55. The largest absolute Gasteiger partial charge is 0.481 e. The van der Waals surface area contributed by atoms with Gasteiger partial charge < -0.3 is 4.74 Å². The summed E-state index contributed by atoms with van der Waals surface area (Å²) in [6.07, 6.45) is 0. The number of aryl methyl sites for hydroxylation is 1. The van der Waals surface area contributed by atoms with E-state index < -0.39 is 0 Å². The lowest BCUT2D eigenvalue weighted by Gasteiger charge is -2.16. The van der Waals surface area contributed by atoms with Gasteiger partial charge in [0.1, 0.15) is 0 Å². The number of likely N-dealkylation sites (tertiary alicyclic amines) is 1. The molecule has 0 aliphatic carbocycles. The van der Waals surface area contributed by atoms with Crippen molar-refractivity contribution < 1.29 is 4.74 Å². The van der Waals surface area contributed by atoms with Gasteiger partial charge in [0.15, 0.2) is 0 Å². The number of nitriles is 1. The van der Waals surface area contributed by atoms with Crippen molar-refractivity contribution in [3.05, 3.63) is 59.3 Å². The topological polar surface area (TPSA) is 49.1 Å². The minimum Gasteiger partial charge on any atom is -0.481 e. The molecular formula is C19H21N3O. The summed E-state index contributed by atoms with van der Waals surface area (Å²) in [5, 5.41) is 9.55. The molecule has 4 heteroatoms. The Labute approximate surface area is 137 Å². The Hall–Kier alpha value is -2.38. The molecule has 118 valence electrons. The van der Waals surface area contributed by atoms with Crippen LogP contribution in [0.4, 0.5) is 0 Å². The summed E-state index contributed by atoms with van der Waals surface area (Å²) in [6, 6.07) is 16.9. The van der Waals surface area contributed by atoms with E-state index in [0.29, 0.717) is 5.88 Å². The van der Waals surface area contributed by atoms with Crippen LogP contribution in [-0.2, 0) is 6.54 Å². The lowest BCUT2D eigenvalue weighted by molar-refractivity contribution is 0.322. The Morgan fingerprint density at radius 3 is 2.74 bits per heavy atom. The van der Waals surface area contributed by atoms with E-state index in [4.69, 9.17) is 4.74 Å². The zero-order valence-corrected chi connectivity index (χ0v) is 13.6. The van der Waals surface area contributed by atoms with Crippen LogP contribution in [0.3, 0.4) is 0 Å². The molecule has 1 aromatic heterocycles. The van der Waals surface area contributed by atoms with E-state index in [9.17, 15) is 5.26 Å². The van der Waals surface area contributed by atoms with Gasteiger partial charge in [0.2, 0.25) is 5.88 Å². The number of hydrogen-bond donors (Lipinski definition) is 0. The number of hydrogen-bond acceptors (Lipinski definition) is 4. The predicted molar refractivity (Wildman–Crippen MR) is 89.1 cm³/mol. The number of benzene rings is 1. The van der Waals surface area contributed by atoms with Crippen LogP contribution in [0.25, 0.3) is 0 Å². The van der Waals surface area contributed by atoms with Gasteiger partial charge in [-0.1, -0.05) is 30.3 Å². The van der Waals surface area contributed by atoms with Gasteiger partial charge in [-0.2, -0.15) is 5.26 Å². The molecule has 2 heterocycles. The van der Waals surface area contributed by atoms with E-state index >= 15 is 0 Å². The quantitative estimate of drug-likeness (QED) is 0.870. The normalized spacial score (nSPS) is 21.1. The van der Waals surface area contributed by atoms with Crippen molar-refractivity contribution >= 4 is 0 Å². The van der Waals surface area contributed by atoms with E-state index in [0.717, 1.165) is 30.9 Å². The molecule has 1 aliphatic rings. The first-order chi connectivity index (χ1) is 11.2. The summed E-state index contributed by atoms with van der Waals surface area (Å²) in [6.45, 7) is 4.54. The van der Waals surface area contributed by atoms with E-state index in [-0.39, 0.29) is 11.8 Å². The van der Waals surface area contributed by atoms with Crippen molar-refractivity contribution in [1.82, 2.24) is 9.88 Å². The Morgan fingerprint density at radius 1 is 1.26 bits per heavy atom. The molecule has 0 amide bonds. The van der Waals surface area contributed by atoms with Gasteiger partial charge in [-0.3, -0.25) is 4.90 Å². The summed E-state index contributed by atoms with van der Waals surface area (Å²) in [4.78, 5) is 6.70. The Bertz CT molecular complexity index is 708. The zero-order valence-electron chi connectivity index (χ0n) is 13.6. The highest BCUT2D eigenvalue weighted by Gasteiger charge is 2.34. The summed E-state index contributed by atoms with van der Waals surface area (Å²) in [5.41, 5.74) is 3.36. The lowest BCUT2D eigenvalue weighted by atomic mass is 9.90. The Kier molecular flexibility index (Phi) is 4.59. The van der Waals surface area contributed by atoms with Crippen LogP contribution in [0.2, 0.25) is 0 Å². The molecule has 23 heavy (non-hydrogen) atoms. The maximum Gasteiger partial charge on any atom is 0.213 e. The average molecular weight is 307 g/mol. The average Bonchev–Trinajstić information content (AvgIpc) is 2.98. The minimum absolute atomic E-state index is 0.00483. The van der Waals surface area contributed by atoms with Crippen molar-refractivity contribution in [2.45, 2.75) is 19.4 Å². The van der Waals surface area contributed by atoms with Gasteiger partial charge in [-0.15, -0.1) is 0 Å². The number of ether oxygens (including phenoxy) is 1. The van der Waals surface area contributed by atoms with Gasteiger partial charge in [0.25, 0.3) is 0 Å². The molecule has 1 aliphatic heterocycles. The number of methoxy groups -OCH3 is 1. The second-order valence-electron chi connectivity index (χ2n) is 6.11. The highest BCUT2D eigenvalue weighted by molar-refractivity contribution is 5.31. The summed E-state index contributed by atoms with van der Waals surface area (Å²) >= 11 is 0. The Balaban J connectivity index is 1.80. The van der Waals surface area contributed by atoms with Crippen LogP contribution in [0.5, 0.6) is 5.88 Å². The van der Waals surface area contributed by atoms with E-state index in [1.54, 1.807) is 7.11 Å². The Morgan fingerprint density at radius 2 is 2.04 bits per heavy atom. The van der Waals surface area contributed by atoms with Crippen LogP contribution in [0, 0.1) is 24.2 Å². The van der Waals surface area contributed by atoms with Crippen LogP contribution < -0.4 is 4.74 Å². The highest BCUT2D eigenvalue weighted by Crippen LogP contribution is 2.34. The third-order valence-corrected chi connectivity index (χ3v) is 4.40. The first-order valence-electron chi connectivity index (χ1n) is 7.88. The van der Waals surface area contributed by atoms with Gasteiger partial charge in [-0.05, 0) is 24.1 Å².